The van der Waals surface area contributed by atoms with Crippen molar-refractivity contribution in [2.45, 2.75) is 36.5 Å². The van der Waals surface area contributed by atoms with Crippen LogP contribution in [0.15, 0.2) is 23.3 Å². The van der Waals surface area contributed by atoms with E-state index in [-0.39, 0.29) is 23.2 Å². The molecule has 1 saturated heterocycles. The summed E-state index contributed by atoms with van der Waals surface area (Å²) in [6.07, 6.45) is 4.83. The van der Waals surface area contributed by atoms with Crippen molar-refractivity contribution in [3.8, 4) is 11.5 Å². The van der Waals surface area contributed by atoms with E-state index < -0.39 is 6.10 Å². The summed E-state index contributed by atoms with van der Waals surface area (Å²) in [6, 6.07) is 2.08. The molecule has 6 rings (SSSR count). The van der Waals surface area contributed by atoms with Crippen LogP contribution in [0.2, 0.25) is 0 Å². The molecule has 0 amide bonds. The topological polar surface area (TPSA) is 80.6 Å². The zero-order valence-electron chi connectivity index (χ0n) is 14.3. The Morgan fingerprint density at radius 3 is 3.12 bits per heavy atom. The normalized spacial score (nSPS) is 39.2. The average molecular weight is 372 g/mol. The van der Waals surface area contributed by atoms with Crippen molar-refractivity contribution >= 4 is 23.2 Å². The van der Waals surface area contributed by atoms with Gasteiger partial charge in [-0.2, -0.15) is 15.1 Å². The van der Waals surface area contributed by atoms with Gasteiger partial charge in [0.25, 0.3) is 0 Å². The molecule has 0 radical (unpaired) electrons. The van der Waals surface area contributed by atoms with E-state index in [1.165, 1.54) is 17.5 Å². The third-order valence-corrected chi connectivity index (χ3v) is 7.32. The summed E-state index contributed by atoms with van der Waals surface area (Å²) >= 11 is 1.40. The van der Waals surface area contributed by atoms with Gasteiger partial charge in [-0.3, -0.25) is 0 Å². The van der Waals surface area contributed by atoms with Crippen LogP contribution < -0.4 is 14.7 Å². The number of aliphatic hydroxyl groups is 1. The van der Waals surface area contributed by atoms with Gasteiger partial charge in [0.05, 0.1) is 11.2 Å². The highest BCUT2D eigenvalue weighted by Gasteiger charge is 2.64. The number of ether oxygens (including phenoxy) is 1. The first-order chi connectivity index (χ1) is 12.6. The summed E-state index contributed by atoms with van der Waals surface area (Å²) in [5.74, 6) is 0.961. The summed E-state index contributed by atoms with van der Waals surface area (Å²) in [6.45, 7) is 0.960. The van der Waals surface area contributed by atoms with Gasteiger partial charge in [0.15, 0.2) is 11.5 Å². The van der Waals surface area contributed by atoms with Crippen LogP contribution in [-0.2, 0) is 11.8 Å². The monoisotopic (exact) mass is 372 g/mol. The Balaban J connectivity index is 1.65. The number of nitrogens with zero attached hydrogens (tertiary/aromatic N) is 3. The number of hydrogen-bond acceptors (Lipinski definition) is 8. The number of hydrogen-bond donors (Lipinski definition) is 3. The third-order valence-electron chi connectivity index (χ3n) is 6.84. The van der Waals surface area contributed by atoms with Gasteiger partial charge in [0.1, 0.15) is 12.2 Å². The first kappa shape index (κ1) is 15.3. The molecule has 3 N–H and O–H groups in total. The maximum absolute atomic E-state index is 10.7. The van der Waals surface area contributed by atoms with Gasteiger partial charge < -0.3 is 19.8 Å². The zero-order chi connectivity index (χ0) is 17.6. The summed E-state index contributed by atoms with van der Waals surface area (Å²) < 4.78 is 6.22. The number of hydrazine groups is 1. The Morgan fingerprint density at radius 1 is 1.42 bits per heavy atom. The lowest BCUT2D eigenvalue weighted by atomic mass is 9.53. The highest BCUT2D eigenvalue weighted by Crippen LogP contribution is 2.63. The number of aliphatic hydroxyl groups excluding tert-OH is 1. The van der Waals surface area contributed by atoms with E-state index in [0.29, 0.717) is 11.8 Å². The zero-order valence-corrected chi connectivity index (χ0v) is 15.1. The van der Waals surface area contributed by atoms with Crippen molar-refractivity contribution in [1.82, 2.24) is 9.73 Å². The van der Waals surface area contributed by atoms with E-state index in [1.807, 2.05) is 6.08 Å². The van der Waals surface area contributed by atoms with Crippen LogP contribution in [0.1, 0.15) is 17.5 Å². The number of phenols is 1. The number of aromatic hydroxyl groups is 1. The minimum absolute atomic E-state index is 0.125. The molecule has 1 fully saturated rings. The van der Waals surface area contributed by atoms with Gasteiger partial charge in [-0.1, -0.05) is 12.2 Å². The van der Waals surface area contributed by atoms with Crippen LogP contribution in [0.25, 0.3) is 0 Å². The number of phenolic OH excluding ortho intramolecular Hbond substituents is 1. The molecule has 5 atom stereocenters. The van der Waals surface area contributed by atoms with Crippen molar-refractivity contribution in [3.05, 3.63) is 29.3 Å². The molecule has 0 saturated carbocycles. The molecule has 0 unspecified atom stereocenters. The fourth-order valence-electron chi connectivity index (χ4n) is 5.77. The van der Waals surface area contributed by atoms with Gasteiger partial charge in [0.2, 0.25) is 0 Å². The fourth-order valence-corrected chi connectivity index (χ4v) is 6.21. The lowest BCUT2D eigenvalue weighted by molar-refractivity contribution is -0.0453. The van der Waals surface area contributed by atoms with E-state index in [1.54, 1.807) is 16.7 Å². The Bertz CT molecular complexity index is 874. The second-order valence-corrected chi connectivity index (χ2v) is 8.45. The van der Waals surface area contributed by atoms with Gasteiger partial charge in [-0.25, -0.2) is 0 Å². The van der Waals surface area contributed by atoms with Crippen LogP contribution >= 0.6 is 11.9 Å². The second kappa shape index (κ2) is 4.95. The van der Waals surface area contributed by atoms with Crippen LogP contribution in [0.5, 0.6) is 11.5 Å². The number of nitrogens with one attached hydrogen (secondary N) is 1. The van der Waals surface area contributed by atoms with Gasteiger partial charge in [-0.05, 0) is 43.9 Å². The molecule has 8 heteroatoms. The number of rotatable bonds is 1. The maximum atomic E-state index is 10.7. The molecule has 5 aliphatic rings. The van der Waals surface area contributed by atoms with E-state index in [2.05, 4.69) is 28.0 Å². The molecule has 1 aromatic carbocycles. The standard InChI is InChI=1S/C18H20N4O3S/c1-21-5-4-18-10-2-3-13(23)17(18)25-16-14(24)7-11(22-19-8-26-20-22)9(15(16)18)6-12(10)21/h2-3,7-8,10,12-13,17,20,23-24H,4-6H2,1H3/t10-,12+,13-,17-,18-/m0/s1. The number of piperidine rings is 1. The predicted molar refractivity (Wildman–Crippen MR) is 99.3 cm³/mol. The summed E-state index contributed by atoms with van der Waals surface area (Å²) in [5, 5.41) is 27.5. The number of anilines is 1. The first-order valence-electron chi connectivity index (χ1n) is 8.98. The molecule has 1 aromatic rings. The quantitative estimate of drug-likeness (QED) is 0.503. The van der Waals surface area contributed by atoms with E-state index in [9.17, 15) is 10.2 Å². The Kier molecular flexibility index (Phi) is 2.92. The number of likely N-dealkylation sites (N-methyl/N-ethyl adjacent to an activating group) is 1. The molecular weight excluding hydrogens is 352 g/mol. The van der Waals surface area contributed by atoms with Crippen molar-refractivity contribution in [1.29, 1.82) is 0 Å². The van der Waals surface area contributed by atoms with Gasteiger partial charge in [0, 0.05) is 29.0 Å². The largest absolute Gasteiger partial charge is 0.504 e. The molecule has 3 aliphatic heterocycles. The summed E-state index contributed by atoms with van der Waals surface area (Å²) in [4.78, 5) is 5.56. The molecule has 2 bridgehead atoms. The van der Waals surface area contributed by atoms with E-state index in [0.717, 1.165) is 30.6 Å². The minimum atomic E-state index is -0.657. The van der Waals surface area contributed by atoms with Crippen LogP contribution in [0.3, 0.4) is 0 Å². The Labute approximate surface area is 155 Å². The Hall–Kier alpha value is -1.74. The summed E-state index contributed by atoms with van der Waals surface area (Å²) in [5.41, 5.74) is 4.58. The molecule has 3 heterocycles. The molecule has 7 nitrogen and oxygen atoms in total. The number of likely N-dealkylation sites (tertiary alicyclic amines) is 1. The maximum Gasteiger partial charge on any atom is 0.165 e. The molecular formula is C18H20N4O3S. The lowest BCUT2D eigenvalue weighted by Gasteiger charge is -2.56. The van der Waals surface area contributed by atoms with E-state index >= 15 is 0 Å². The predicted octanol–water partition coefficient (Wildman–Crippen LogP) is 1.11. The van der Waals surface area contributed by atoms with Gasteiger partial charge >= 0.3 is 0 Å². The van der Waals surface area contributed by atoms with Crippen LogP contribution in [-0.4, -0.2) is 52.5 Å². The van der Waals surface area contributed by atoms with Crippen LogP contribution in [0.4, 0.5) is 5.69 Å². The van der Waals surface area contributed by atoms with Crippen molar-refractivity contribution in [2.24, 2.45) is 11.0 Å². The van der Waals surface area contributed by atoms with Crippen molar-refractivity contribution in [3.63, 3.8) is 0 Å². The number of benzene rings is 1. The molecule has 26 heavy (non-hydrogen) atoms. The third kappa shape index (κ3) is 1.64. The molecule has 1 spiro atoms. The van der Waals surface area contributed by atoms with Crippen molar-refractivity contribution < 1.29 is 14.9 Å². The lowest BCUT2D eigenvalue weighted by Crippen LogP contribution is -2.64. The average Bonchev–Trinajstić information content (AvgIpc) is 3.27. The van der Waals surface area contributed by atoms with E-state index in [4.69, 9.17) is 4.74 Å². The first-order valence-corrected chi connectivity index (χ1v) is 9.85. The number of hydrazone groups is 1. The Morgan fingerprint density at radius 2 is 2.31 bits per heavy atom. The smallest absolute Gasteiger partial charge is 0.165 e. The second-order valence-electron chi connectivity index (χ2n) is 7.82. The van der Waals surface area contributed by atoms with Gasteiger partial charge in [-0.15, -0.1) is 0 Å². The molecule has 136 valence electrons. The fraction of sp³-hybridized carbons (Fsp3) is 0.500. The molecule has 0 aromatic heterocycles. The summed E-state index contributed by atoms with van der Waals surface area (Å²) in [7, 11) is 2.18. The van der Waals surface area contributed by atoms with Crippen molar-refractivity contribution in [2.75, 3.05) is 18.7 Å². The van der Waals surface area contributed by atoms with Crippen LogP contribution in [0, 0.1) is 5.92 Å². The minimum Gasteiger partial charge on any atom is -0.504 e. The highest BCUT2D eigenvalue weighted by atomic mass is 32.2. The highest BCUT2D eigenvalue weighted by molar-refractivity contribution is 8.10. The molecule has 2 aliphatic carbocycles. The SMILES string of the molecule is CN1CC[C@]23c4c5c(N6N=CSN6)cc(O)c4O[C@H]2[C@@H](O)C=C[C@H]3[C@H]1C5.